The average Bonchev–Trinajstić information content (AvgIpc) is 3.16. The lowest BCUT2D eigenvalue weighted by molar-refractivity contribution is 0.102. The molecular weight excluding hydrogens is 358 g/mol. The van der Waals surface area contributed by atoms with Gasteiger partial charge in [0.25, 0.3) is 5.91 Å². The molecule has 0 bridgehead atoms. The van der Waals surface area contributed by atoms with Crippen LogP contribution in [-0.2, 0) is 15.3 Å². The zero-order valence-corrected chi connectivity index (χ0v) is 16.5. The van der Waals surface area contributed by atoms with Gasteiger partial charge in [-0.1, -0.05) is 20.8 Å². The number of anilines is 1. The zero-order valence-electron chi connectivity index (χ0n) is 14.9. The average molecular weight is 382 g/mol. The molecule has 1 amide bonds. The van der Waals surface area contributed by atoms with E-state index in [4.69, 9.17) is 0 Å². The fourth-order valence-corrected chi connectivity index (χ4v) is 5.39. The van der Waals surface area contributed by atoms with Crippen LogP contribution in [0.1, 0.15) is 54.2 Å². The molecule has 3 rings (SSSR count). The van der Waals surface area contributed by atoms with Gasteiger partial charge in [0.2, 0.25) is 0 Å². The van der Waals surface area contributed by atoms with Crippen LogP contribution in [0.2, 0.25) is 0 Å². The van der Waals surface area contributed by atoms with Crippen LogP contribution >= 0.6 is 11.3 Å². The summed E-state index contributed by atoms with van der Waals surface area (Å²) in [7, 11) is -3.04. The lowest BCUT2D eigenvalue weighted by Crippen LogP contribution is -2.20. The smallest absolute Gasteiger partial charge is 0.267 e. The quantitative estimate of drug-likeness (QED) is 0.885. The molecule has 1 aliphatic heterocycles. The van der Waals surface area contributed by atoms with E-state index in [0.29, 0.717) is 17.1 Å². The third-order valence-electron chi connectivity index (χ3n) is 4.37. The Morgan fingerprint density at radius 3 is 2.64 bits per heavy atom. The molecule has 25 heavy (non-hydrogen) atoms. The molecule has 0 radical (unpaired) electrons. The summed E-state index contributed by atoms with van der Waals surface area (Å²) in [6, 6.07) is 3.52. The van der Waals surface area contributed by atoms with Gasteiger partial charge in [-0.3, -0.25) is 4.79 Å². The molecule has 1 fully saturated rings. The molecule has 0 aliphatic carbocycles. The molecule has 2 aromatic heterocycles. The minimum Gasteiger partial charge on any atom is -0.306 e. The fourth-order valence-electron chi connectivity index (χ4n) is 2.88. The zero-order chi connectivity index (χ0) is 18.4. The first-order valence-electron chi connectivity index (χ1n) is 8.23. The minimum absolute atomic E-state index is 0.0686. The summed E-state index contributed by atoms with van der Waals surface area (Å²) in [6.45, 7) is 8.02. The predicted molar refractivity (Wildman–Crippen MR) is 100 cm³/mol. The van der Waals surface area contributed by atoms with Gasteiger partial charge in [-0.2, -0.15) is 5.10 Å². The summed E-state index contributed by atoms with van der Waals surface area (Å²) in [4.78, 5) is 13.2. The Labute approximate surface area is 152 Å². The highest BCUT2D eigenvalue weighted by molar-refractivity contribution is 7.91. The number of sulfone groups is 1. The molecule has 1 saturated heterocycles. The second kappa shape index (κ2) is 6.25. The molecule has 136 valence electrons. The Bertz CT molecular complexity index is 904. The number of thiophene rings is 1. The summed E-state index contributed by atoms with van der Waals surface area (Å²) in [5.74, 6) is 0.610. The van der Waals surface area contributed by atoms with Crippen LogP contribution in [0.5, 0.6) is 0 Å². The minimum atomic E-state index is -3.04. The van der Waals surface area contributed by atoms with Crippen LogP contribution in [0.4, 0.5) is 5.82 Å². The highest BCUT2D eigenvalue weighted by atomic mass is 32.2. The van der Waals surface area contributed by atoms with E-state index in [1.807, 2.05) is 45.2 Å². The number of nitrogens with one attached hydrogen (secondary N) is 1. The van der Waals surface area contributed by atoms with Crippen molar-refractivity contribution in [2.45, 2.75) is 45.6 Å². The van der Waals surface area contributed by atoms with Crippen LogP contribution in [0.25, 0.3) is 0 Å². The fraction of sp³-hybridized carbons (Fsp3) is 0.529. The number of hydrogen-bond donors (Lipinski definition) is 1. The number of carbonyl (C=O) groups is 1. The van der Waals surface area contributed by atoms with Crippen LogP contribution < -0.4 is 5.32 Å². The van der Waals surface area contributed by atoms with Crippen LogP contribution in [0.15, 0.2) is 17.5 Å². The third-order valence-corrected chi connectivity index (χ3v) is 7.13. The van der Waals surface area contributed by atoms with E-state index in [1.54, 1.807) is 4.68 Å². The first kappa shape index (κ1) is 18.1. The van der Waals surface area contributed by atoms with Crippen molar-refractivity contribution >= 4 is 32.9 Å². The maximum absolute atomic E-state index is 12.6. The van der Waals surface area contributed by atoms with E-state index in [0.717, 1.165) is 11.3 Å². The standard InChI is InChI=1S/C17H23N3O3S2/c1-11-5-7-24-15(11)16(21)18-14-9-13(17(2,3)4)19-20(14)12-6-8-25(22,23)10-12/h5,7,9,12H,6,8,10H2,1-4H3,(H,18,21). The van der Waals surface area contributed by atoms with Gasteiger partial charge in [-0.05, 0) is 30.4 Å². The lowest BCUT2D eigenvalue weighted by Gasteiger charge is -2.15. The highest BCUT2D eigenvalue weighted by Crippen LogP contribution is 2.31. The van der Waals surface area contributed by atoms with Gasteiger partial charge in [0.05, 0.1) is 28.1 Å². The van der Waals surface area contributed by atoms with E-state index in [1.165, 1.54) is 11.3 Å². The Balaban J connectivity index is 1.95. The molecule has 2 aromatic rings. The van der Waals surface area contributed by atoms with Gasteiger partial charge < -0.3 is 5.32 Å². The van der Waals surface area contributed by atoms with Crippen molar-refractivity contribution in [3.63, 3.8) is 0 Å². The van der Waals surface area contributed by atoms with Crippen molar-refractivity contribution in [3.05, 3.63) is 33.6 Å². The van der Waals surface area contributed by atoms with E-state index in [-0.39, 0.29) is 28.9 Å². The molecule has 1 unspecified atom stereocenters. The van der Waals surface area contributed by atoms with Crippen molar-refractivity contribution in [1.29, 1.82) is 0 Å². The number of aromatic nitrogens is 2. The summed E-state index contributed by atoms with van der Waals surface area (Å²) in [6.07, 6.45) is 0.522. The number of rotatable bonds is 3. The van der Waals surface area contributed by atoms with Crippen molar-refractivity contribution in [1.82, 2.24) is 9.78 Å². The predicted octanol–water partition coefficient (Wildman–Crippen LogP) is 3.16. The summed E-state index contributed by atoms with van der Waals surface area (Å²) in [5.41, 5.74) is 1.56. The number of hydrogen-bond acceptors (Lipinski definition) is 5. The molecule has 8 heteroatoms. The molecule has 3 heterocycles. The number of aryl methyl sites for hydroxylation is 1. The molecule has 1 N–H and O–H groups in total. The lowest BCUT2D eigenvalue weighted by atomic mass is 9.92. The Morgan fingerprint density at radius 2 is 2.12 bits per heavy atom. The van der Waals surface area contributed by atoms with Gasteiger partial charge in [0.15, 0.2) is 9.84 Å². The van der Waals surface area contributed by atoms with Crippen molar-refractivity contribution < 1.29 is 13.2 Å². The van der Waals surface area contributed by atoms with Crippen LogP contribution in [0, 0.1) is 6.92 Å². The third kappa shape index (κ3) is 3.79. The Hall–Kier alpha value is -1.67. The van der Waals surface area contributed by atoms with Gasteiger partial charge >= 0.3 is 0 Å². The van der Waals surface area contributed by atoms with Gasteiger partial charge in [-0.25, -0.2) is 13.1 Å². The molecule has 0 saturated carbocycles. The summed E-state index contributed by atoms with van der Waals surface area (Å²) >= 11 is 1.39. The Kier molecular flexibility index (Phi) is 4.53. The van der Waals surface area contributed by atoms with E-state index >= 15 is 0 Å². The second-order valence-corrected chi connectivity index (χ2v) is 10.7. The van der Waals surface area contributed by atoms with E-state index < -0.39 is 9.84 Å². The van der Waals surface area contributed by atoms with Gasteiger partial charge in [0.1, 0.15) is 5.82 Å². The molecular formula is C17H23N3O3S2. The first-order valence-corrected chi connectivity index (χ1v) is 10.9. The maximum atomic E-state index is 12.6. The van der Waals surface area contributed by atoms with E-state index in [2.05, 4.69) is 10.4 Å². The SMILES string of the molecule is Cc1ccsc1C(=O)Nc1cc(C(C)(C)C)nn1C1CCS(=O)(=O)C1. The first-order chi connectivity index (χ1) is 11.6. The molecule has 1 atom stereocenters. The number of carbonyl (C=O) groups excluding carboxylic acids is 1. The number of nitrogens with zero attached hydrogens (tertiary/aromatic N) is 2. The highest BCUT2D eigenvalue weighted by Gasteiger charge is 2.33. The summed E-state index contributed by atoms with van der Waals surface area (Å²) < 4.78 is 25.4. The van der Waals surface area contributed by atoms with Crippen molar-refractivity contribution in [2.75, 3.05) is 16.8 Å². The molecule has 0 spiro atoms. The molecule has 1 aliphatic rings. The van der Waals surface area contributed by atoms with Gasteiger partial charge in [-0.15, -0.1) is 11.3 Å². The van der Waals surface area contributed by atoms with Crippen molar-refractivity contribution in [2.24, 2.45) is 0 Å². The Morgan fingerprint density at radius 1 is 1.40 bits per heavy atom. The monoisotopic (exact) mass is 381 g/mol. The van der Waals surface area contributed by atoms with Crippen LogP contribution in [-0.4, -0.2) is 35.6 Å². The molecule has 6 nitrogen and oxygen atoms in total. The summed E-state index contributed by atoms with van der Waals surface area (Å²) in [5, 5.41) is 9.43. The topological polar surface area (TPSA) is 81.1 Å². The molecule has 0 aromatic carbocycles. The van der Waals surface area contributed by atoms with Crippen LogP contribution in [0.3, 0.4) is 0 Å². The maximum Gasteiger partial charge on any atom is 0.267 e. The van der Waals surface area contributed by atoms with E-state index in [9.17, 15) is 13.2 Å². The second-order valence-electron chi connectivity index (χ2n) is 7.55. The van der Waals surface area contributed by atoms with Gasteiger partial charge in [0, 0.05) is 11.5 Å². The normalized spacial score (nSPS) is 19.9. The van der Waals surface area contributed by atoms with Crippen molar-refractivity contribution in [3.8, 4) is 0 Å². The largest absolute Gasteiger partial charge is 0.306 e. The number of amides is 1.